The number of nitrogens with zero attached hydrogens (tertiary/aromatic N) is 1. The number of benzene rings is 2. The molecule has 1 N–H and O–H groups in total. The lowest BCUT2D eigenvalue weighted by molar-refractivity contribution is -0.139. The van der Waals surface area contributed by atoms with Crippen molar-refractivity contribution in [3.8, 4) is 0 Å². The van der Waals surface area contributed by atoms with Crippen molar-refractivity contribution in [2.75, 3.05) is 4.72 Å². The largest absolute Gasteiger partial charge is 0.280 e. The van der Waals surface area contributed by atoms with Crippen LogP contribution in [-0.2, 0) is 26.2 Å². The first-order valence-corrected chi connectivity index (χ1v) is 10.7. The number of rotatable bonds is 5. The number of halogens is 2. The number of hydrogen-bond acceptors (Lipinski definition) is 4. The van der Waals surface area contributed by atoms with Gasteiger partial charge in [-0.15, -0.1) is 0 Å². The molecule has 1 saturated heterocycles. The van der Waals surface area contributed by atoms with Gasteiger partial charge in [0.2, 0.25) is 11.8 Å². The van der Waals surface area contributed by atoms with E-state index in [9.17, 15) is 18.0 Å². The molecule has 1 fully saturated rings. The van der Waals surface area contributed by atoms with Crippen molar-refractivity contribution in [2.24, 2.45) is 0 Å². The standard InChI is InChI=1S/C19H18Cl2N2O4S/c1-11-9-15(20)12(2)19(18(11)21)28(26,27)22-14-5-3-13(4-6-14)10-23-16(24)7-8-17(23)25/h3-6,9,22H,7-8,10H2,1-2H3. The van der Waals surface area contributed by atoms with Crippen molar-refractivity contribution < 1.29 is 18.0 Å². The van der Waals surface area contributed by atoms with Crippen LogP contribution in [0.1, 0.15) is 29.5 Å². The Balaban J connectivity index is 1.82. The Labute approximate surface area is 173 Å². The molecule has 0 atom stereocenters. The summed E-state index contributed by atoms with van der Waals surface area (Å²) >= 11 is 12.3. The highest BCUT2D eigenvalue weighted by Crippen LogP contribution is 2.34. The number of imide groups is 1. The molecule has 148 valence electrons. The smallest absolute Gasteiger partial charge is 0.263 e. The van der Waals surface area contributed by atoms with Crippen LogP contribution < -0.4 is 4.72 Å². The second-order valence-corrected chi connectivity index (χ2v) is 9.02. The summed E-state index contributed by atoms with van der Waals surface area (Å²) in [7, 11) is -3.96. The Bertz CT molecular complexity index is 1020. The molecule has 0 unspecified atom stereocenters. The molecule has 1 aliphatic rings. The highest BCUT2D eigenvalue weighted by molar-refractivity contribution is 7.93. The molecule has 1 aliphatic heterocycles. The predicted octanol–water partition coefficient (Wildman–Crippen LogP) is 4.06. The first kappa shape index (κ1) is 20.6. The van der Waals surface area contributed by atoms with E-state index in [0.29, 0.717) is 21.8 Å². The van der Waals surface area contributed by atoms with E-state index in [1.807, 2.05) is 0 Å². The number of hydrogen-bond donors (Lipinski definition) is 1. The Morgan fingerprint density at radius 2 is 1.61 bits per heavy atom. The van der Waals surface area contributed by atoms with Gasteiger partial charge >= 0.3 is 0 Å². The van der Waals surface area contributed by atoms with Crippen LogP contribution in [0.25, 0.3) is 0 Å². The average molecular weight is 441 g/mol. The number of anilines is 1. The minimum atomic E-state index is -3.96. The normalized spacial score (nSPS) is 14.6. The van der Waals surface area contributed by atoms with Gasteiger partial charge in [-0.1, -0.05) is 35.3 Å². The fourth-order valence-corrected chi connectivity index (χ4v) is 5.27. The summed E-state index contributed by atoms with van der Waals surface area (Å²) in [6, 6.07) is 8.08. The summed E-state index contributed by atoms with van der Waals surface area (Å²) in [5.74, 6) is -0.396. The van der Waals surface area contributed by atoms with Crippen LogP contribution >= 0.6 is 23.2 Å². The lowest BCUT2D eigenvalue weighted by Crippen LogP contribution is -2.28. The van der Waals surface area contributed by atoms with Crippen LogP contribution in [0.5, 0.6) is 0 Å². The molecule has 2 aromatic carbocycles. The van der Waals surface area contributed by atoms with Crippen molar-refractivity contribution in [2.45, 2.75) is 38.1 Å². The van der Waals surface area contributed by atoms with Crippen LogP contribution in [-0.4, -0.2) is 25.1 Å². The number of carbonyl (C=O) groups is 2. The van der Waals surface area contributed by atoms with Crippen molar-refractivity contribution in [3.63, 3.8) is 0 Å². The summed E-state index contributed by atoms with van der Waals surface area (Å²) in [5, 5.41) is 0.439. The summed E-state index contributed by atoms with van der Waals surface area (Å²) in [5.41, 5.74) is 1.98. The number of amides is 2. The molecule has 0 aromatic heterocycles. The van der Waals surface area contributed by atoms with Crippen LogP contribution in [0.4, 0.5) is 5.69 Å². The fraction of sp³-hybridized carbons (Fsp3) is 0.263. The highest BCUT2D eigenvalue weighted by atomic mass is 35.5. The van der Waals surface area contributed by atoms with E-state index >= 15 is 0 Å². The van der Waals surface area contributed by atoms with E-state index in [-0.39, 0.29) is 41.1 Å². The zero-order chi connectivity index (χ0) is 20.6. The van der Waals surface area contributed by atoms with E-state index in [2.05, 4.69) is 4.72 Å². The minimum absolute atomic E-state index is 0.0588. The third-order valence-corrected chi connectivity index (χ3v) is 7.10. The number of nitrogens with one attached hydrogen (secondary N) is 1. The molecule has 0 aliphatic carbocycles. The van der Waals surface area contributed by atoms with Crippen LogP contribution in [0, 0.1) is 13.8 Å². The average Bonchev–Trinajstić information content (AvgIpc) is 2.93. The quantitative estimate of drug-likeness (QED) is 0.710. The topological polar surface area (TPSA) is 83.6 Å². The lowest BCUT2D eigenvalue weighted by Gasteiger charge is -2.16. The molecule has 3 rings (SSSR count). The SMILES string of the molecule is Cc1cc(Cl)c(C)c(S(=O)(=O)Nc2ccc(CN3C(=O)CCC3=O)cc2)c1Cl. The van der Waals surface area contributed by atoms with E-state index in [0.717, 1.165) is 5.56 Å². The van der Waals surface area contributed by atoms with Gasteiger partial charge in [0.05, 0.1) is 11.6 Å². The second-order valence-electron chi connectivity index (χ2n) is 6.62. The molecule has 0 bridgehead atoms. The molecule has 1 heterocycles. The van der Waals surface area contributed by atoms with Crippen LogP contribution in [0.2, 0.25) is 10.0 Å². The summed E-state index contributed by atoms with van der Waals surface area (Å²) < 4.78 is 28.2. The summed E-state index contributed by atoms with van der Waals surface area (Å²) in [4.78, 5) is 24.6. The summed E-state index contributed by atoms with van der Waals surface area (Å²) in [6.07, 6.45) is 0.464. The zero-order valence-corrected chi connectivity index (χ0v) is 17.6. The summed E-state index contributed by atoms with van der Waals surface area (Å²) in [6.45, 7) is 3.45. The number of sulfonamides is 1. The second kappa shape index (κ2) is 7.73. The van der Waals surface area contributed by atoms with Gasteiger partial charge in [0.15, 0.2) is 0 Å². The third kappa shape index (κ3) is 4.01. The molecular weight excluding hydrogens is 423 g/mol. The van der Waals surface area contributed by atoms with Gasteiger partial charge < -0.3 is 0 Å². The Morgan fingerprint density at radius 3 is 2.18 bits per heavy atom. The first-order chi connectivity index (χ1) is 13.1. The number of carbonyl (C=O) groups excluding carboxylic acids is 2. The van der Waals surface area contributed by atoms with Crippen molar-refractivity contribution >= 4 is 50.7 Å². The highest BCUT2D eigenvalue weighted by Gasteiger charge is 2.29. The molecule has 0 saturated carbocycles. The van der Waals surface area contributed by atoms with Crippen molar-refractivity contribution in [3.05, 3.63) is 57.1 Å². The minimum Gasteiger partial charge on any atom is -0.280 e. The molecular formula is C19H18Cl2N2O4S. The zero-order valence-electron chi connectivity index (χ0n) is 15.3. The first-order valence-electron chi connectivity index (χ1n) is 8.50. The number of likely N-dealkylation sites (tertiary alicyclic amines) is 1. The molecule has 28 heavy (non-hydrogen) atoms. The Morgan fingerprint density at radius 1 is 1.04 bits per heavy atom. The fourth-order valence-electron chi connectivity index (χ4n) is 3.00. The van der Waals surface area contributed by atoms with E-state index in [1.54, 1.807) is 44.2 Å². The maximum atomic E-state index is 12.8. The van der Waals surface area contributed by atoms with Gasteiger partial charge in [0.25, 0.3) is 10.0 Å². The number of aryl methyl sites for hydroxylation is 1. The van der Waals surface area contributed by atoms with Gasteiger partial charge in [0, 0.05) is 23.6 Å². The van der Waals surface area contributed by atoms with Crippen molar-refractivity contribution in [1.29, 1.82) is 0 Å². The van der Waals surface area contributed by atoms with Gasteiger partial charge in [-0.25, -0.2) is 8.42 Å². The third-order valence-electron chi connectivity index (χ3n) is 4.56. The van der Waals surface area contributed by atoms with Crippen LogP contribution in [0.15, 0.2) is 35.2 Å². The monoisotopic (exact) mass is 440 g/mol. The van der Waals surface area contributed by atoms with E-state index < -0.39 is 10.0 Å². The van der Waals surface area contributed by atoms with Gasteiger partial charge in [-0.05, 0) is 48.7 Å². The molecule has 6 nitrogen and oxygen atoms in total. The molecule has 2 amide bonds. The van der Waals surface area contributed by atoms with Crippen molar-refractivity contribution in [1.82, 2.24) is 4.90 Å². The maximum Gasteiger partial charge on any atom is 0.263 e. The van der Waals surface area contributed by atoms with Gasteiger partial charge in [-0.3, -0.25) is 19.2 Å². The van der Waals surface area contributed by atoms with Gasteiger partial charge in [0.1, 0.15) is 4.90 Å². The molecule has 9 heteroatoms. The lowest BCUT2D eigenvalue weighted by atomic mass is 10.2. The Hall–Kier alpha value is -2.09. The maximum absolute atomic E-state index is 12.8. The van der Waals surface area contributed by atoms with E-state index in [4.69, 9.17) is 23.2 Å². The van der Waals surface area contributed by atoms with Gasteiger partial charge in [-0.2, -0.15) is 0 Å². The Kier molecular flexibility index (Phi) is 5.70. The molecule has 0 spiro atoms. The molecule has 0 radical (unpaired) electrons. The van der Waals surface area contributed by atoms with Crippen LogP contribution in [0.3, 0.4) is 0 Å². The molecule has 2 aromatic rings. The predicted molar refractivity (Wildman–Crippen MR) is 108 cm³/mol. The van der Waals surface area contributed by atoms with E-state index in [1.165, 1.54) is 4.90 Å².